The highest BCUT2D eigenvalue weighted by molar-refractivity contribution is 5.76. The smallest absolute Gasteiger partial charge is 0.267 e. The van der Waals surface area contributed by atoms with Crippen LogP contribution < -0.4 is 10.9 Å². The Morgan fingerprint density at radius 1 is 1.21 bits per heavy atom. The lowest BCUT2D eigenvalue weighted by Crippen LogP contribution is -2.44. The Bertz CT molecular complexity index is 916. The van der Waals surface area contributed by atoms with Gasteiger partial charge in [-0.15, -0.1) is 0 Å². The lowest BCUT2D eigenvalue weighted by atomic mass is 9.77. The predicted molar refractivity (Wildman–Crippen MR) is 108 cm³/mol. The van der Waals surface area contributed by atoms with Gasteiger partial charge in [-0.1, -0.05) is 6.07 Å². The van der Waals surface area contributed by atoms with Gasteiger partial charge in [0.15, 0.2) is 0 Å². The summed E-state index contributed by atoms with van der Waals surface area (Å²) in [5, 5.41) is 7.68. The molecule has 8 heteroatoms. The van der Waals surface area contributed by atoms with Crippen LogP contribution in [0.5, 0.6) is 0 Å². The van der Waals surface area contributed by atoms with Crippen LogP contribution in [-0.2, 0) is 16.1 Å². The normalized spacial score (nSPS) is 26.2. The van der Waals surface area contributed by atoms with E-state index < -0.39 is 0 Å². The minimum absolute atomic E-state index is 0.0106. The van der Waals surface area contributed by atoms with Crippen LogP contribution in [0.25, 0.3) is 0 Å². The molecule has 3 heterocycles. The van der Waals surface area contributed by atoms with E-state index in [-0.39, 0.29) is 30.2 Å². The Hall–Kier alpha value is -2.74. The highest BCUT2D eigenvalue weighted by atomic mass is 16.5. The van der Waals surface area contributed by atoms with Gasteiger partial charge >= 0.3 is 0 Å². The number of anilines is 1. The predicted octanol–water partition coefficient (Wildman–Crippen LogP) is 1.31. The van der Waals surface area contributed by atoms with Crippen LogP contribution in [0.15, 0.2) is 41.3 Å². The van der Waals surface area contributed by atoms with E-state index >= 15 is 0 Å². The molecule has 1 aliphatic carbocycles. The number of aromatic nitrogens is 3. The molecule has 2 aromatic heterocycles. The monoisotopic (exact) mass is 397 g/mol. The van der Waals surface area contributed by atoms with E-state index in [0.717, 1.165) is 24.4 Å². The number of amides is 1. The largest absolute Gasteiger partial charge is 0.379 e. The quantitative estimate of drug-likeness (QED) is 0.818. The zero-order chi connectivity index (χ0) is 20.4. The van der Waals surface area contributed by atoms with E-state index in [2.05, 4.69) is 15.4 Å². The molecule has 1 saturated carbocycles. The third kappa shape index (κ3) is 4.32. The maximum atomic E-state index is 12.8. The Kier molecular flexibility index (Phi) is 5.62. The summed E-state index contributed by atoms with van der Waals surface area (Å²) in [5.74, 6) is 1.61. The minimum Gasteiger partial charge on any atom is -0.379 e. The number of aryl methyl sites for hydroxylation is 1. The van der Waals surface area contributed by atoms with Crippen molar-refractivity contribution in [1.29, 1.82) is 0 Å². The van der Waals surface area contributed by atoms with Gasteiger partial charge in [0.25, 0.3) is 5.56 Å². The fourth-order valence-electron chi connectivity index (χ4n) is 4.56. The van der Waals surface area contributed by atoms with E-state index in [9.17, 15) is 9.59 Å². The number of ether oxygens (including phenoxy) is 1. The number of methoxy groups -OCH3 is 1. The van der Waals surface area contributed by atoms with Crippen LogP contribution in [0.1, 0.15) is 18.5 Å². The third-order valence-corrected chi connectivity index (χ3v) is 6.06. The first-order valence-corrected chi connectivity index (χ1v) is 10.1. The highest BCUT2D eigenvalue weighted by Gasteiger charge is 2.43. The summed E-state index contributed by atoms with van der Waals surface area (Å²) >= 11 is 0. The molecule has 2 fully saturated rings. The molecule has 8 nitrogen and oxygen atoms in total. The summed E-state index contributed by atoms with van der Waals surface area (Å²) in [7, 11) is 1.74. The van der Waals surface area contributed by atoms with Gasteiger partial charge in [0.05, 0.1) is 17.8 Å². The zero-order valence-electron chi connectivity index (χ0n) is 16.8. The van der Waals surface area contributed by atoms with Crippen LogP contribution in [0.4, 0.5) is 5.82 Å². The molecule has 0 aromatic carbocycles. The Morgan fingerprint density at radius 3 is 2.72 bits per heavy atom. The summed E-state index contributed by atoms with van der Waals surface area (Å²) < 4.78 is 7.01. The van der Waals surface area contributed by atoms with Crippen molar-refractivity contribution in [1.82, 2.24) is 19.7 Å². The fraction of sp³-hybridized carbons (Fsp3) is 0.524. The van der Waals surface area contributed by atoms with E-state index in [1.807, 2.05) is 30.0 Å². The van der Waals surface area contributed by atoms with Crippen molar-refractivity contribution in [2.45, 2.75) is 38.5 Å². The van der Waals surface area contributed by atoms with Crippen molar-refractivity contribution < 1.29 is 9.53 Å². The van der Waals surface area contributed by atoms with E-state index in [0.29, 0.717) is 24.9 Å². The van der Waals surface area contributed by atoms with Crippen molar-refractivity contribution in [3.05, 3.63) is 52.6 Å². The van der Waals surface area contributed by atoms with Crippen molar-refractivity contribution in [2.24, 2.45) is 11.8 Å². The van der Waals surface area contributed by atoms with Gasteiger partial charge in [-0.3, -0.25) is 9.59 Å². The van der Waals surface area contributed by atoms with Gasteiger partial charge in [0.1, 0.15) is 12.4 Å². The third-order valence-electron chi connectivity index (χ3n) is 6.06. The van der Waals surface area contributed by atoms with Gasteiger partial charge in [0, 0.05) is 32.5 Å². The minimum atomic E-state index is -0.250. The molecule has 4 atom stereocenters. The standard InChI is InChI=1S/C21H27N5O3/c1-14-6-7-20(27)26(24-14)13-21(28)25-11-15-9-17(18(29-2)10-16(15)12-25)23-19-5-3-4-8-22-19/h3-8,15-18H,9-13H2,1-2H3,(H,22,23)/t15-,16+,17-,18-/m1/s1. The van der Waals surface area contributed by atoms with E-state index in [4.69, 9.17) is 4.74 Å². The molecule has 154 valence electrons. The van der Waals surface area contributed by atoms with Crippen molar-refractivity contribution in [3.8, 4) is 0 Å². The summed E-state index contributed by atoms with van der Waals surface area (Å²) in [6.45, 7) is 3.22. The molecule has 1 saturated heterocycles. The van der Waals surface area contributed by atoms with Gasteiger partial charge in [-0.05, 0) is 49.8 Å². The van der Waals surface area contributed by atoms with Crippen LogP contribution in [0, 0.1) is 18.8 Å². The summed E-state index contributed by atoms with van der Waals surface area (Å²) in [4.78, 5) is 31.0. The lowest BCUT2D eigenvalue weighted by molar-refractivity contribution is -0.131. The molecule has 0 unspecified atom stereocenters. The Labute approximate surface area is 169 Å². The van der Waals surface area contributed by atoms with Crippen molar-refractivity contribution >= 4 is 11.7 Å². The highest BCUT2D eigenvalue weighted by Crippen LogP contribution is 2.38. The maximum Gasteiger partial charge on any atom is 0.267 e. The number of carbonyl (C=O) groups is 1. The average Bonchev–Trinajstić information content (AvgIpc) is 3.14. The molecular formula is C21H27N5O3. The molecule has 0 radical (unpaired) electrons. The fourth-order valence-corrected chi connectivity index (χ4v) is 4.56. The zero-order valence-corrected chi connectivity index (χ0v) is 16.8. The first-order chi connectivity index (χ1) is 14.0. The van der Waals surface area contributed by atoms with Crippen LogP contribution in [0.3, 0.4) is 0 Å². The number of nitrogens with one attached hydrogen (secondary N) is 1. The number of pyridine rings is 1. The van der Waals surface area contributed by atoms with Gasteiger partial charge in [-0.25, -0.2) is 9.67 Å². The van der Waals surface area contributed by atoms with E-state index in [1.165, 1.54) is 10.7 Å². The second-order valence-corrected chi connectivity index (χ2v) is 8.00. The first-order valence-electron chi connectivity index (χ1n) is 10.1. The SMILES string of the molecule is CO[C@@H]1C[C@H]2CN(C(=O)Cn3nc(C)ccc3=O)C[C@H]2C[C@H]1Nc1ccccn1. The van der Waals surface area contributed by atoms with Crippen LogP contribution in [-0.4, -0.2) is 57.9 Å². The average molecular weight is 397 g/mol. The molecule has 1 amide bonds. The summed E-state index contributed by atoms with van der Waals surface area (Å²) in [6.07, 6.45) is 3.67. The lowest BCUT2D eigenvalue weighted by Gasteiger charge is -2.37. The molecular weight excluding hydrogens is 370 g/mol. The molecule has 1 aliphatic heterocycles. The molecule has 0 spiro atoms. The van der Waals surface area contributed by atoms with Gasteiger partial charge < -0.3 is 15.0 Å². The number of hydrogen-bond acceptors (Lipinski definition) is 6. The summed E-state index contributed by atoms with van der Waals surface area (Å²) in [6, 6.07) is 9.08. The topological polar surface area (TPSA) is 89.4 Å². The molecule has 29 heavy (non-hydrogen) atoms. The summed E-state index contributed by atoms with van der Waals surface area (Å²) in [5.41, 5.74) is 0.471. The molecule has 0 bridgehead atoms. The van der Waals surface area contributed by atoms with Crippen LogP contribution >= 0.6 is 0 Å². The van der Waals surface area contributed by atoms with Crippen LogP contribution in [0.2, 0.25) is 0 Å². The molecule has 1 N–H and O–H groups in total. The molecule has 4 rings (SSSR count). The number of nitrogens with zero attached hydrogens (tertiary/aromatic N) is 4. The van der Waals surface area contributed by atoms with Crippen molar-refractivity contribution in [3.63, 3.8) is 0 Å². The Balaban J connectivity index is 1.41. The molecule has 2 aromatic rings. The Morgan fingerprint density at radius 2 is 2.00 bits per heavy atom. The first kappa shape index (κ1) is 19.6. The van der Waals surface area contributed by atoms with Gasteiger partial charge in [0.2, 0.25) is 5.91 Å². The number of likely N-dealkylation sites (tertiary alicyclic amines) is 1. The number of fused-ring (bicyclic) bond motifs is 1. The number of carbonyl (C=O) groups excluding carboxylic acids is 1. The molecule has 2 aliphatic rings. The maximum absolute atomic E-state index is 12.8. The number of rotatable bonds is 5. The second-order valence-electron chi connectivity index (χ2n) is 8.00. The van der Waals surface area contributed by atoms with Crippen molar-refractivity contribution in [2.75, 3.05) is 25.5 Å². The van der Waals surface area contributed by atoms with Gasteiger partial charge in [-0.2, -0.15) is 5.10 Å². The van der Waals surface area contributed by atoms with E-state index in [1.54, 1.807) is 19.4 Å². The number of hydrogen-bond donors (Lipinski definition) is 1. The second kappa shape index (κ2) is 8.32.